The topological polar surface area (TPSA) is 30.7 Å². The third-order valence-corrected chi connectivity index (χ3v) is 4.77. The van der Waals surface area contributed by atoms with Gasteiger partial charge >= 0.3 is 0 Å². The Bertz CT molecular complexity index is 763. The molecule has 1 atom stereocenters. The lowest BCUT2D eigenvalue weighted by atomic mass is 10.2. The van der Waals surface area contributed by atoms with Gasteiger partial charge in [0.05, 0.1) is 11.9 Å². The molecule has 6 heteroatoms. The Hall–Kier alpha value is -0.910. The van der Waals surface area contributed by atoms with Crippen molar-refractivity contribution in [1.29, 1.82) is 0 Å². The Balaban J connectivity index is 2.16. The first kappa shape index (κ1) is 14.0. The molecule has 0 bridgehead atoms. The number of nitrogens with zero attached hydrogens (tertiary/aromatic N) is 3. The molecule has 3 aromatic heterocycles. The van der Waals surface area contributed by atoms with Crippen LogP contribution in [-0.4, -0.2) is 14.5 Å². The molecule has 0 fully saturated rings. The van der Waals surface area contributed by atoms with Crippen LogP contribution in [0.2, 0.25) is 0 Å². The molecule has 104 valence electrons. The maximum atomic E-state index is 6.28. The van der Waals surface area contributed by atoms with Gasteiger partial charge < -0.3 is 4.57 Å². The first-order valence-corrected chi connectivity index (χ1v) is 8.41. The second kappa shape index (κ2) is 5.47. The summed E-state index contributed by atoms with van der Waals surface area (Å²) in [5.74, 6) is 0.859. The predicted octanol–water partition coefficient (Wildman–Crippen LogP) is 4.91. The van der Waals surface area contributed by atoms with Crippen molar-refractivity contribution in [3.8, 4) is 0 Å². The summed E-state index contributed by atoms with van der Waals surface area (Å²) in [5.41, 5.74) is 4.33. The molecule has 0 spiro atoms. The number of aromatic nitrogens is 3. The number of aryl methyl sites for hydroxylation is 1. The Morgan fingerprint density at radius 1 is 1.45 bits per heavy atom. The fourth-order valence-electron chi connectivity index (χ4n) is 2.18. The summed E-state index contributed by atoms with van der Waals surface area (Å²) >= 11 is 11.4. The molecule has 3 nitrogen and oxygen atoms in total. The van der Waals surface area contributed by atoms with Crippen LogP contribution in [0.15, 0.2) is 27.5 Å². The highest BCUT2D eigenvalue weighted by atomic mass is 79.9. The number of thiophene rings is 1. The van der Waals surface area contributed by atoms with Crippen molar-refractivity contribution in [3.05, 3.63) is 44.4 Å². The highest BCUT2D eigenvalue weighted by molar-refractivity contribution is 9.10. The normalized spacial score (nSPS) is 13.0. The maximum Gasteiger partial charge on any atom is 0.160 e. The van der Waals surface area contributed by atoms with Crippen LogP contribution in [0.25, 0.3) is 11.2 Å². The average Bonchev–Trinajstić information content (AvgIpc) is 2.95. The standard InChI is InChI=1S/C14H13BrClN3S/c1-8-6-20-7-10(8)5-19-13(9(2)16)18-12-3-11(15)4-17-14(12)19/h3-4,6-7,9H,5H2,1-2H3. The van der Waals surface area contributed by atoms with Crippen LogP contribution in [0.5, 0.6) is 0 Å². The van der Waals surface area contributed by atoms with Crippen molar-refractivity contribution in [3.63, 3.8) is 0 Å². The van der Waals surface area contributed by atoms with Crippen molar-refractivity contribution in [2.45, 2.75) is 25.8 Å². The molecule has 0 saturated heterocycles. The van der Waals surface area contributed by atoms with E-state index < -0.39 is 0 Å². The number of hydrogen-bond acceptors (Lipinski definition) is 3. The van der Waals surface area contributed by atoms with Crippen molar-refractivity contribution in [2.75, 3.05) is 0 Å². The third-order valence-electron chi connectivity index (χ3n) is 3.23. The number of rotatable bonds is 3. The van der Waals surface area contributed by atoms with E-state index in [-0.39, 0.29) is 5.38 Å². The fourth-order valence-corrected chi connectivity index (χ4v) is 3.52. The summed E-state index contributed by atoms with van der Waals surface area (Å²) in [5, 5.41) is 4.17. The van der Waals surface area contributed by atoms with Crippen LogP contribution < -0.4 is 0 Å². The zero-order chi connectivity index (χ0) is 14.3. The van der Waals surface area contributed by atoms with E-state index >= 15 is 0 Å². The molecule has 1 unspecified atom stereocenters. The molecule has 3 rings (SSSR count). The summed E-state index contributed by atoms with van der Waals surface area (Å²) in [6.45, 7) is 4.82. The number of hydrogen-bond donors (Lipinski definition) is 0. The third kappa shape index (κ3) is 2.50. The van der Waals surface area contributed by atoms with Gasteiger partial charge in [0.15, 0.2) is 5.65 Å². The Morgan fingerprint density at radius 2 is 2.25 bits per heavy atom. The molecule has 0 aromatic carbocycles. The highest BCUT2D eigenvalue weighted by Crippen LogP contribution is 2.27. The number of imidazole rings is 1. The van der Waals surface area contributed by atoms with Gasteiger partial charge in [0.25, 0.3) is 0 Å². The van der Waals surface area contributed by atoms with Gasteiger partial charge in [-0.3, -0.25) is 0 Å². The van der Waals surface area contributed by atoms with Crippen molar-refractivity contribution in [2.24, 2.45) is 0 Å². The largest absolute Gasteiger partial charge is 0.307 e. The first-order chi connectivity index (χ1) is 9.56. The molecular formula is C14H13BrClN3S. The van der Waals surface area contributed by atoms with Gasteiger partial charge in [0.1, 0.15) is 11.3 Å². The van der Waals surface area contributed by atoms with Gasteiger partial charge in [-0.05, 0) is 57.7 Å². The molecule has 3 aromatic rings. The van der Waals surface area contributed by atoms with Gasteiger partial charge in [-0.1, -0.05) is 0 Å². The number of alkyl halides is 1. The average molecular weight is 371 g/mol. The van der Waals surface area contributed by atoms with Gasteiger partial charge in [-0.2, -0.15) is 11.3 Å². The highest BCUT2D eigenvalue weighted by Gasteiger charge is 2.17. The van der Waals surface area contributed by atoms with Crippen LogP contribution in [-0.2, 0) is 6.54 Å². The minimum absolute atomic E-state index is 0.151. The molecule has 0 aliphatic rings. The summed E-state index contributed by atoms with van der Waals surface area (Å²) in [6, 6.07) is 1.97. The van der Waals surface area contributed by atoms with E-state index in [2.05, 4.69) is 48.1 Å². The van der Waals surface area contributed by atoms with E-state index in [4.69, 9.17) is 11.6 Å². The Morgan fingerprint density at radius 3 is 2.90 bits per heavy atom. The summed E-state index contributed by atoms with van der Waals surface area (Å²) < 4.78 is 3.03. The van der Waals surface area contributed by atoms with Crippen molar-refractivity contribution >= 4 is 50.0 Å². The number of pyridine rings is 1. The zero-order valence-electron chi connectivity index (χ0n) is 11.1. The van der Waals surface area contributed by atoms with E-state index in [0.29, 0.717) is 0 Å². The molecule has 0 aliphatic carbocycles. The SMILES string of the molecule is Cc1cscc1Cn1c(C(C)Cl)nc2cc(Br)cnc21. The van der Waals surface area contributed by atoms with Crippen LogP contribution >= 0.6 is 38.9 Å². The smallest absolute Gasteiger partial charge is 0.160 e. The van der Waals surface area contributed by atoms with Crippen molar-refractivity contribution < 1.29 is 0 Å². The quantitative estimate of drug-likeness (QED) is 0.613. The maximum absolute atomic E-state index is 6.28. The van der Waals surface area contributed by atoms with E-state index in [1.807, 2.05) is 13.0 Å². The monoisotopic (exact) mass is 369 g/mol. The predicted molar refractivity (Wildman–Crippen MR) is 87.7 cm³/mol. The summed E-state index contributed by atoms with van der Waals surface area (Å²) in [6.07, 6.45) is 1.80. The van der Waals surface area contributed by atoms with Gasteiger partial charge in [0, 0.05) is 10.7 Å². The fraction of sp³-hybridized carbons (Fsp3) is 0.286. The molecule has 0 saturated carbocycles. The summed E-state index contributed by atoms with van der Waals surface area (Å²) in [4.78, 5) is 9.12. The van der Waals surface area contributed by atoms with E-state index in [0.717, 1.165) is 28.0 Å². The molecule has 0 N–H and O–H groups in total. The first-order valence-electron chi connectivity index (χ1n) is 6.23. The summed E-state index contributed by atoms with van der Waals surface area (Å²) in [7, 11) is 0. The molecule has 0 radical (unpaired) electrons. The van der Waals surface area contributed by atoms with Crippen molar-refractivity contribution in [1.82, 2.24) is 14.5 Å². The molecule has 0 aliphatic heterocycles. The minimum Gasteiger partial charge on any atom is -0.307 e. The van der Waals surface area contributed by atoms with Gasteiger partial charge in [-0.25, -0.2) is 9.97 Å². The second-order valence-corrected chi connectivity index (χ2v) is 7.06. The lowest BCUT2D eigenvalue weighted by Gasteiger charge is -2.09. The number of halogens is 2. The Labute approximate surface area is 134 Å². The van der Waals surface area contributed by atoms with E-state index in [1.54, 1.807) is 17.5 Å². The molecule has 0 amide bonds. The van der Waals surface area contributed by atoms with Crippen LogP contribution in [0.3, 0.4) is 0 Å². The lowest BCUT2D eigenvalue weighted by molar-refractivity contribution is 0.735. The molecular weight excluding hydrogens is 358 g/mol. The number of fused-ring (bicyclic) bond motifs is 1. The minimum atomic E-state index is -0.151. The lowest BCUT2D eigenvalue weighted by Crippen LogP contribution is -2.06. The Kier molecular flexibility index (Phi) is 3.84. The van der Waals surface area contributed by atoms with Crippen LogP contribution in [0.4, 0.5) is 0 Å². The van der Waals surface area contributed by atoms with Gasteiger partial charge in [-0.15, -0.1) is 11.6 Å². The van der Waals surface area contributed by atoms with E-state index in [1.165, 1.54) is 11.1 Å². The molecule has 3 heterocycles. The van der Waals surface area contributed by atoms with E-state index in [9.17, 15) is 0 Å². The van der Waals surface area contributed by atoms with Crippen LogP contribution in [0.1, 0.15) is 29.3 Å². The zero-order valence-corrected chi connectivity index (χ0v) is 14.3. The van der Waals surface area contributed by atoms with Crippen LogP contribution in [0, 0.1) is 6.92 Å². The molecule has 20 heavy (non-hydrogen) atoms. The second-order valence-electron chi connectivity index (χ2n) is 4.75. The van der Waals surface area contributed by atoms with Gasteiger partial charge in [0.2, 0.25) is 0 Å².